The van der Waals surface area contributed by atoms with Crippen LogP contribution in [0.15, 0.2) is 48.5 Å². The Kier molecular flexibility index (Phi) is 5.49. The molecular formula is C17H18FNO3. The fraction of sp³-hybridized carbons (Fsp3) is 0.235. The molecule has 2 rings (SSSR count). The third kappa shape index (κ3) is 4.56. The summed E-state index contributed by atoms with van der Waals surface area (Å²) < 4.78 is 18.2. The van der Waals surface area contributed by atoms with Crippen molar-refractivity contribution in [3.05, 3.63) is 71.0 Å². The van der Waals surface area contributed by atoms with Crippen LogP contribution in [0.25, 0.3) is 0 Å². The van der Waals surface area contributed by atoms with Gasteiger partial charge in [0.1, 0.15) is 12.4 Å². The third-order valence-electron chi connectivity index (χ3n) is 3.22. The Balaban J connectivity index is 1.79. The molecule has 1 atom stereocenters. The van der Waals surface area contributed by atoms with Gasteiger partial charge in [-0.2, -0.15) is 0 Å². The highest BCUT2D eigenvalue weighted by molar-refractivity contribution is 5.67. The first-order valence-electron chi connectivity index (χ1n) is 6.95. The number of halogens is 1. The minimum atomic E-state index is -0.913. The molecule has 4 nitrogen and oxygen atoms in total. The number of carbonyl (C=O) groups excluding carboxylic acids is 1. The molecular weight excluding hydrogens is 285 g/mol. The molecule has 0 saturated heterocycles. The Bertz CT molecular complexity index is 631. The summed E-state index contributed by atoms with van der Waals surface area (Å²) in [6, 6.07) is 13.6. The van der Waals surface area contributed by atoms with Gasteiger partial charge in [0.2, 0.25) is 0 Å². The van der Waals surface area contributed by atoms with Gasteiger partial charge in [-0.15, -0.1) is 0 Å². The summed E-state index contributed by atoms with van der Waals surface area (Å²) in [5.74, 6) is -0.328. The highest BCUT2D eigenvalue weighted by Crippen LogP contribution is 2.16. The number of amides is 1. The number of ether oxygens (including phenoxy) is 1. The fourth-order valence-corrected chi connectivity index (χ4v) is 1.95. The number of benzene rings is 2. The summed E-state index contributed by atoms with van der Waals surface area (Å²) in [6.45, 7) is 1.78. The second-order valence-electron chi connectivity index (χ2n) is 4.97. The van der Waals surface area contributed by atoms with Crippen molar-refractivity contribution in [2.45, 2.75) is 19.6 Å². The average molecular weight is 303 g/mol. The van der Waals surface area contributed by atoms with Crippen LogP contribution >= 0.6 is 0 Å². The number of alkyl carbamates (subject to hydrolysis) is 1. The standard InChI is InChI=1S/C17H18FNO3/c1-12-9-14(7-8-15(12)18)16(20)10-19-17(21)22-11-13-5-3-2-4-6-13/h2-9,16,20H,10-11H2,1H3,(H,19,21). The topological polar surface area (TPSA) is 58.6 Å². The van der Waals surface area contributed by atoms with E-state index >= 15 is 0 Å². The molecule has 0 bridgehead atoms. The van der Waals surface area contributed by atoms with Crippen LogP contribution in [0.1, 0.15) is 22.8 Å². The van der Waals surface area contributed by atoms with Crippen molar-refractivity contribution in [1.29, 1.82) is 0 Å². The molecule has 0 aliphatic heterocycles. The molecule has 5 heteroatoms. The lowest BCUT2D eigenvalue weighted by atomic mass is 10.1. The molecule has 2 aromatic carbocycles. The van der Waals surface area contributed by atoms with Crippen molar-refractivity contribution >= 4 is 6.09 Å². The zero-order chi connectivity index (χ0) is 15.9. The number of carbonyl (C=O) groups is 1. The molecule has 0 heterocycles. The minimum absolute atomic E-state index is 0.00129. The van der Waals surface area contributed by atoms with E-state index in [1.807, 2.05) is 30.3 Å². The Morgan fingerprint density at radius 1 is 1.27 bits per heavy atom. The van der Waals surface area contributed by atoms with Crippen LogP contribution < -0.4 is 5.32 Å². The quantitative estimate of drug-likeness (QED) is 0.892. The molecule has 22 heavy (non-hydrogen) atoms. The number of aliphatic hydroxyl groups is 1. The Hall–Kier alpha value is -2.40. The summed E-state index contributed by atoms with van der Waals surface area (Å²) in [5.41, 5.74) is 1.87. The predicted molar refractivity (Wildman–Crippen MR) is 80.7 cm³/mol. The number of nitrogens with one attached hydrogen (secondary N) is 1. The Labute approximate surface area is 128 Å². The average Bonchev–Trinajstić information content (AvgIpc) is 2.54. The van der Waals surface area contributed by atoms with Gasteiger partial charge in [0, 0.05) is 0 Å². The largest absolute Gasteiger partial charge is 0.445 e. The van der Waals surface area contributed by atoms with E-state index in [-0.39, 0.29) is 19.0 Å². The molecule has 116 valence electrons. The molecule has 0 spiro atoms. The van der Waals surface area contributed by atoms with Crippen molar-refractivity contribution in [3.8, 4) is 0 Å². The van der Waals surface area contributed by atoms with Gasteiger partial charge in [0.25, 0.3) is 0 Å². The molecule has 0 aliphatic rings. The summed E-state index contributed by atoms with van der Waals surface area (Å²) in [7, 11) is 0. The number of hydrogen-bond acceptors (Lipinski definition) is 3. The zero-order valence-corrected chi connectivity index (χ0v) is 12.3. The summed E-state index contributed by atoms with van der Waals surface area (Å²) >= 11 is 0. The van der Waals surface area contributed by atoms with Gasteiger partial charge in [-0.25, -0.2) is 9.18 Å². The number of aryl methyl sites for hydroxylation is 1. The van der Waals surface area contributed by atoms with Crippen molar-refractivity contribution in [2.24, 2.45) is 0 Å². The first-order valence-corrected chi connectivity index (χ1v) is 6.95. The maximum Gasteiger partial charge on any atom is 0.407 e. The molecule has 2 N–H and O–H groups in total. The summed E-state index contributed by atoms with van der Waals surface area (Å²) in [6.07, 6.45) is -1.52. The molecule has 0 radical (unpaired) electrons. The van der Waals surface area contributed by atoms with E-state index in [1.165, 1.54) is 12.1 Å². The maximum atomic E-state index is 13.2. The van der Waals surface area contributed by atoms with E-state index in [9.17, 15) is 14.3 Å². The molecule has 0 aliphatic carbocycles. The van der Waals surface area contributed by atoms with E-state index < -0.39 is 12.2 Å². The molecule has 0 saturated carbocycles. The van der Waals surface area contributed by atoms with Gasteiger partial charge >= 0.3 is 6.09 Å². The fourth-order valence-electron chi connectivity index (χ4n) is 1.95. The molecule has 0 fully saturated rings. The number of aliphatic hydroxyl groups excluding tert-OH is 1. The second kappa shape index (κ2) is 7.56. The van der Waals surface area contributed by atoms with Crippen LogP contribution in [0.2, 0.25) is 0 Å². The van der Waals surface area contributed by atoms with E-state index in [2.05, 4.69) is 5.32 Å². The zero-order valence-electron chi connectivity index (χ0n) is 12.3. The predicted octanol–water partition coefficient (Wildman–Crippen LogP) is 3.09. The lowest BCUT2D eigenvalue weighted by molar-refractivity contribution is 0.126. The number of rotatable bonds is 5. The maximum absolute atomic E-state index is 13.2. The van der Waals surface area contributed by atoms with Crippen molar-refractivity contribution in [3.63, 3.8) is 0 Å². The van der Waals surface area contributed by atoms with Crippen LogP contribution in [0.5, 0.6) is 0 Å². The Morgan fingerprint density at radius 2 is 2.00 bits per heavy atom. The smallest absolute Gasteiger partial charge is 0.407 e. The van der Waals surface area contributed by atoms with Gasteiger partial charge in [0.05, 0.1) is 12.6 Å². The van der Waals surface area contributed by atoms with Gasteiger partial charge in [0.15, 0.2) is 0 Å². The van der Waals surface area contributed by atoms with Crippen LogP contribution in [-0.2, 0) is 11.3 Å². The van der Waals surface area contributed by atoms with Crippen molar-refractivity contribution in [2.75, 3.05) is 6.54 Å². The second-order valence-corrected chi connectivity index (χ2v) is 4.97. The van der Waals surface area contributed by atoms with Gasteiger partial charge < -0.3 is 15.2 Å². The van der Waals surface area contributed by atoms with Crippen LogP contribution in [0.4, 0.5) is 9.18 Å². The van der Waals surface area contributed by atoms with E-state index in [1.54, 1.807) is 13.0 Å². The lowest BCUT2D eigenvalue weighted by Gasteiger charge is -2.13. The van der Waals surface area contributed by atoms with Gasteiger partial charge in [-0.05, 0) is 29.7 Å². The SMILES string of the molecule is Cc1cc(C(O)CNC(=O)OCc2ccccc2)ccc1F. The normalized spacial score (nSPS) is 11.8. The van der Waals surface area contributed by atoms with Crippen LogP contribution in [0, 0.1) is 12.7 Å². The summed E-state index contributed by atoms with van der Waals surface area (Å²) in [4.78, 5) is 11.6. The van der Waals surface area contributed by atoms with E-state index in [0.717, 1.165) is 5.56 Å². The first-order chi connectivity index (χ1) is 10.6. The van der Waals surface area contributed by atoms with Crippen molar-refractivity contribution in [1.82, 2.24) is 5.32 Å². The molecule has 1 amide bonds. The number of hydrogen-bond donors (Lipinski definition) is 2. The highest BCUT2D eigenvalue weighted by Gasteiger charge is 2.11. The van der Waals surface area contributed by atoms with E-state index in [4.69, 9.17) is 4.74 Å². The van der Waals surface area contributed by atoms with Crippen LogP contribution in [0.3, 0.4) is 0 Å². The lowest BCUT2D eigenvalue weighted by Crippen LogP contribution is -2.28. The minimum Gasteiger partial charge on any atom is -0.445 e. The third-order valence-corrected chi connectivity index (χ3v) is 3.22. The van der Waals surface area contributed by atoms with E-state index in [0.29, 0.717) is 11.1 Å². The monoisotopic (exact) mass is 303 g/mol. The summed E-state index contributed by atoms with van der Waals surface area (Å²) in [5, 5.41) is 12.5. The highest BCUT2D eigenvalue weighted by atomic mass is 19.1. The molecule has 2 aromatic rings. The van der Waals surface area contributed by atoms with Crippen molar-refractivity contribution < 1.29 is 19.0 Å². The first kappa shape index (κ1) is 16.0. The molecule has 1 unspecified atom stereocenters. The van der Waals surface area contributed by atoms with Crippen LogP contribution in [-0.4, -0.2) is 17.7 Å². The van der Waals surface area contributed by atoms with Gasteiger partial charge in [-0.1, -0.05) is 42.5 Å². The van der Waals surface area contributed by atoms with Gasteiger partial charge in [-0.3, -0.25) is 0 Å². The Morgan fingerprint density at radius 3 is 2.68 bits per heavy atom. The molecule has 0 aromatic heterocycles.